The van der Waals surface area contributed by atoms with E-state index < -0.39 is 0 Å². The van der Waals surface area contributed by atoms with Crippen molar-refractivity contribution >= 4 is 11.8 Å². The molecule has 3 atom stereocenters. The minimum Gasteiger partial charge on any atom is -0.353 e. The van der Waals surface area contributed by atoms with Crippen LogP contribution in [0.1, 0.15) is 64.2 Å². The first kappa shape index (κ1) is 14.9. The highest BCUT2D eigenvalue weighted by Crippen LogP contribution is 2.43. The SMILES string of the molecule is O=C(CCN1CCCCCC1=O)N[C@@H]1CC[C@H]2CCC[C@H]21. The lowest BCUT2D eigenvalue weighted by atomic mass is 9.97. The van der Waals surface area contributed by atoms with Gasteiger partial charge in [-0.1, -0.05) is 19.3 Å². The van der Waals surface area contributed by atoms with Gasteiger partial charge in [-0.3, -0.25) is 9.59 Å². The smallest absolute Gasteiger partial charge is 0.222 e. The van der Waals surface area contributed by atoms with E-state index in [0.717, 1.165) is 44.1 Å². The van der Waals surface area contributed by atoms with Gasteiger partial charge >= 0.3 is 0 Å². The van der Waals surface area contributed by atoms with Crippen LogP contribution in [0.5, 0.6) is 0 Å². The van der Waals surface area contributed by atoms with E-state index in [2.05, 4.69) is 5.32 Å². The normalized spacial score (nSPS) is 32.9. The van der Waals surface area contributed by atoms with Crippen molar-refractivity contribution in [2.45, 2.75) is 70.3 Å². The zero-order valence-corrected chi connectivity index (χ0v) is 13.0. The molecule has 3 fully saturated rings. The second-order valence-corrected chi connectivity index (χ2v) is 7.05. The summed E-state index contributed by atoms with van der Waals surface area (Å²) in [6.07, 6.45) is 10.8. The fraction of sp³-hybridized carbons (Fsp3) is 0.882. The molecule has 4 nitrogen and oxygen atoms in total. The molecule has 118 valence electrons. The maximum atomic E-state index is 12.2. The molecular formula is C17H28N2O2. The second kappa shape index (κ2) is 6.80. The highest BCUT2D eigenvalue weighted by molar-refractivity contribution is 5.79. The molecule has 1 N–H and O–H groups in total. The molecule has 2 amide bonds. The topological polar surface area (TPSA) is 49.4 Å². The maximum absolute atomic E-state index is 12.2. The van der Waals surface area contributed by atoms with Crippen LogP contribution in [0.4, 0.5) is 0 Å². The molecule has 4 heteroatoms. The van der Waals surface area contributed by atoms with E-state index in [0.29, 0.717) is 25.4 Å². The minimum absolute atomic E-state index is 0.143. The van der Waals surface area contributed by atoms with Gasteiger partial charge in [0.2, 0.25) is 11.8 Å². The lowest BCUT2D eigenvalue weighted by Crippen LogP contribution is -2.40. The molecule has 21 heavy (non-hydrogen) atoms. The molecule has 0 spiro atoms. The van der Waals surface area contributed by atoms with E-state index in [-0.39, 0.29) is 11.8 Å². The average molecular weight is 292 g/mol. The van der Waals surface area contributed by atoms with Crippen LogP contribution in [0.25, 0.3) is 0 Å². The van der Waals surface area contributed by atoms with Crippen molar-refractivity contribution in [2.75, 3.05) is 13.1 Å². The van der Waals surface area contributed by atoms with Gasteiger partial charge in [0.15, 0.2) is 0 Å². The number of rotatable bonds is 4. The highest BCUT2D eigenvalue weighted by atomic mass is 16.2. The summed E-state index contributed by atoms with van der Waals surface area (Å²) in [5.41, 5.74) is 0. The summed E-state index contributed by atoms with van der Waals surface area (Å²) >= 11 is 0. The molecular weight excluding hydrogens is 264 g/mol. The van der Waals surface area contributed by atoms with Crippen LogP contribution in [0, 0.1) is 11.8 Å². The van der Waals surface area contributed by atoms with Crippen molar-refractivity contribution in [2.24, 2.45) is 11.8 Å². The molecule has 2 saturated carbocycles. The minimum atomic E-state index is 0.143. The van der Waals surface area contributed by atoms with Gasteiger partial charge in [0.25, 0.3) is 0 Å². The molecule has 1 aliphatic heterocycles. The van der Waals surface area contributed by atoms with Crippen molar-refractivity contribution in [1.29, 1.82) is 0 Å². The predicted molar refractivity (Wildman–Crippen MR) is 81.7 cm³/mol. The number of carbonyl (C=O) groups excluding carboxylic acids is 2. The van der Waals surface area contributed by atoms with Gasteiger partial charge in [-0.15, -0.1) is 0 Å². The Labute approximate surface area is 127 Å². The number of likely N-dealkylation sites (tertiary alicyclic amines) is 1. The van der Waals surface area contributed by atoms with Crippen LogP contribution in [0.15, 0.2) is 0 Å². The fourth-order valence-electron chi connectivity index (χ4n) is 4.53. The Morgan fingerprint density at radius 1 is 1.10 bits per heavy atom. The van der Waals surface area contributed by atoms with E-state index in [1.54, 1.807) is 0 Å². The Balaban J connectivity index is 1.43. The Kier molecular flexibility index (Phi) is 4.81. The number of carbonyl (C=O) groups is 2. The summed E-state index contributed by atoms with van der Waals surface area (Å²) in [7, 11) is 0. The summed E-state index contributed by atoms with van der Waals surface area (Å²) in [5.74, 6) is 1.97. The van der Waals surface area contributed by atoms with E-state index in [4.69, 9.17) is 0 Å². The van der Waals surface area contributed by atoms with Crippen molar-refractivity contribution in [3.05, 3.63) is 0 Å². The van der Waals surface area contributed by atoms with Crippen LogP contribution in [-0.4, -0.2) is 35.8 Å². The molecule has 1 heterocycles. The van der Waals surface area contributed by atoms with Gasteiger partial charge in [0.05, 0.1) is 0 Å². The van der Waals surface area contributed by atoms with Crippen LogP contribution in [-0.2, 0) is 9.59 Å². The molecule has 3 rings (SSSR count). The quantitative estimate of drug-likeness (QED) is 0.865. The highest BCUT2D eigenvalue weighted by Gasteiger charge is 2.39. The largest absolute Gasteiger partial charge is 0.353 e. The van der Waals surface area contributed by atoms with Gasteiger partial charge in [-0.05, 0) is 43.9 Å². The molecule has 1 saturated heterocycles. The van der Waals surface area contributed by atoms with Gasteiger partial charge in [-0.25, -0.2) is 0 Å². The van der Waals surface area contributed by atoms with Crippen molar-refractivity contribution in [3.63, 3.8) is 0 Å². The summed E-state index contributed by atoms with van der Waals surface area (Å²) in [6, 6.07) is 0.407. The zero-order valence-electron chi connectivity index (χ0n) is 13.0. The molecule has 0 aromatic carbocycles. The Hall–Kier alpha value is -1.06. The third-order valence-electron chi connectivity index (χ3n) is 5.71. The molecule has 2 aliphatic carbocycles. The first-order valence-electron chi connectivity index (χ1n) is 8.81. The summed E-state index contributed by atoms with van der Waals surface area (Å²) in [5, 5.41) is 3.24. The number of nitrogens with zero attached hydrogens (tertiary/aromatic N) is 1. The Bertz CT molecular complexity index is 396. The predicted octanol–water partition coefficient (Wildman–Crippen LogP) is 2.47. The Morgan fingerprint density at radius 2 is 2.00 bits per heavy atom. The van der Waals surface area contributed by atoms with E-state index in [1.807, 2.05) is 4.90 Å². The molecule has 0 aromatic rings. The number of fused-ring (bicyclic) bond motifs is 1. The summed E-state index contributed by atoms with van der Waals surface area (Å²) in [6.45, 7) is 1.44. The van der Waals surface area contributed by atoms with E-state index in [9.17, 15) is 9.59 Å². The second-order valence-electron chi connectivity index (χ2n) is 7.05. The average Bonchev–Trinajstić information content (AvgIpc) is 3.01. The lowest BCUT2D eigenvalue weighted by Gasteiger charge is -2.23. The van der Waals surface area contributed by atoms with E-state index in [1.165, 1.54) is 25.7 Å². The summed E-state index contributed by atoms with van der Waals surface area (Å²) in [4.78, 5) is 26.0. The van der Waals surface area contributed by atoms with Crippen LogP contribution >= 0.6 is 0 Å². The molecule has 0 bridgehead atoms. The van der Waals surface area contributed by atoms with Crippen molar-refractivity contribution in [1.82, 2.24) is 10.2 Å². The zero-order chi connectivity index (χ0) is 14.7. The molecule has 0 radical (unpaired) electrons. The monoisotopic (exact) mass is 292 g/mol. The lowest BCUT2D eigenvalue weighted by molar-refractivity contribution is -0.131. The first-order chi connectivity index (χ1) is 10.2. The number of amides is 2. The van der Waals surface area contributed by atoms with Crippen molar-refractivity contribution in [3.8, 4) is 0 Å². The van der Waals surface area contributed by atoms with Crippen LogP contribution in [0.3, 0.4) is 0 Å². The maximum Gasteiger partial charge on any atom is 0.222 e. The van der Waals surface area contributed by atoms with Crippen molar-refractivity contribution < 1.29 is 9.59 Å². The first-order valence-corrected chi connectivity index (χ1v) is 8.81. The molecule has 0 aromatic heterocycles. The number of nitrogens with one attached hydrogen (secondary N) is 1. The van der Waals surface area contributed by atoms with Crippen LogP contribution in [0.2, 0.25) is 0 Å². The molecule has 3 aliphatic rings. The number of hydrogen-bond donors (Lipinski definition) is 1. The van der Waals surface area contributed by atoms with Gasteiger partial charge < -0.3 is 10.2 Å². The van der Waals surface area contributed by atoms with Gasteiger partial charge in [-0.2, -0.15) is 0 Å². The molecule has 0 unspecified atom stereocenters. The fourth-order valence-corrected chi connectivity index (χ4v) is 4.53. The van der Waals surface area contributed by atoms with Gasteiger partial charge in [0.1, 0.15) is 0 Å². The summed E-state index contributed by atoms with van der Waals surface area (Å²) < 4.78 is 0. The van der Waals surface area contributed by atoms with E-state index >= 15 is 0 Å². The van der Waals surface area contributed by atoms with Crippen LogP contribution < -0.4 is 5.32 Å². The Morgan fingerprint density at radius 3 is 2.90 bits per heavy atom. The standard InChI is InChI=1S/C17H28N2O2/c20-16(10-12-19-11-3-1-2-7-17(19)21)18-15-9-8-13-5-4-6-14(13)15/h13-15H,1-12H2,(H,18,20)/t13-,14-,15-/m1/s1. The number of hydrogen-bond acceptors (Lipinski definition) is 2. The third kappa shape index (κ3) is 3.58. The van der Waals surface area contributed by atoms with Gasteiger partial charge in [0, 0.05) is 32.0 Å². The third-order valence-corrected chi connectivity index (χ3v) is 5.71.